The predicted octanol–water partition coefficient (Wildman–Crippen LogP) is 2.58. The number of benzene rings is 1. The maximum atomic E-state index is 11.5. The minimum atomic E-state index is -0.438. The topological polar surface area (TPSA) is 103 Å². The predicted molar refractivity (Wildman–Crippen MR) is 91.3 cm³/mol. The summed E-state index contributed by atoms with van der Waals surface area (Å²) in [6.45, 7) is 0.730. The second kappa shape index (κ2) is 8.43. The number of alkyl carbamates (subject to hydrolysis) is 1. The number of anilines is 2. The van der Waals surface area contributed by atoms with Gasteiger partial charge in [-0.1, -0.05) is 42.5 Å². The van der Waals surface area contributed by atoms with Crippen LogP contribution >= 0.6 is 0 Å². The average Bonchev–Trinajstić information content (AvgIpc) is 2.57. The van der Waals surface area contributed by atoms with Gasteiger partial charge in [-0.05, 0) is 12.0 Å². The van der Waals surface area contributed by atoms with E-state index in [0.717, 1.165) is 11.1 Å². The third-order valence-electron chi connectivity index (χ3n) is 3.14. The van der Waals surface area contributed by atoms with Crippen molar-refractivity contribution in [1.82, 2.24) is 10.3 Å². The number of aromatic nitrogens is 1. The fourth-order valence-electron chi connectivity index (χ4n) is 1.88. The Hall–Kier alpha value is -3.02. The largest absolute Gasteiger partial charge is 0.445 e. The molecule has 1 heterocycles. The summed E-state index contributed by atoms with van der Waals surface area (Å²) in [7, 11) is 0. The van der Waals surface area contributed by atoms with Crippen molar-refractivity contribution in [3.63, 3.8) is 0 Å². The van der Waals surface area contributed by atoms with Gasteiger partial charge in [-0.15, -0.1) is 0 Å². The van der Waals surface area contributed by atoms with E-state index in [2.05, 4.69) is 10.3 Å². The van der Waals surface area contributed by atoms with Crippen LogP contribution in [-0.4, -0.2) is 17.6 Å². The van der Waals surface area contributed by atoms with E-state index in [9.17, 15) is 4.79 Å². The minimum Gasteiger partial charge on any atom is -0.445 e. The summed E-state index contributed by atoms with van der Waals surface area (Å²) in [6, 6.07) is 9.52. The van der Waals surface area contributed by atoms with Crippen LogP contribution in [0.1, 0.15) is 17.5 Å². The Morgan fingerprint density at radius 1 is 1.22 bits per heavy atom. The highest BCUT2D eigenvalue weighted by Gasteiger charge is 2.01. The van der Waals surface area contributed by atoms with Crippen molar-refractivity contribution < 1.29 is 9.53 Å². The van der Waals surface area contributed by atoms with E-state index in [1.807, 2.05) is 42.5 Å². The van der Waals surface area contributed by atoms with Crippen LogP contribution in [0.25, 0.3) is 6.08 Å². The molecule has 0 bridgehead atoms. The van der Waals surface area contributed by atoms with Crippen LogP contribution < -0.4 is 16.8 Å². The van der Waals surface area contributed by atoms with Crippen LogP contribution in [0.3, 0.4) is 0 Å². The molecule has 0 saturated carbocycles. The van der Waals surface area contributed by atoms with Gasteiger partial charge in [-0.2, -0.15) is 0 Å². The van der Waals surface area contributed by atoms with Crippen LogP contribution in [0.2, 0.25) is 0 Å². The third kappa shape index (κ3) is 5.35. The number of hydrogen-bond acceptors (Lipinski definition) is 5. The van der Waals surface area contributed by atoms with E-state index in [-0.39, 0.29) is 6.61 Å². The van der Waals surface area contributed by atoms with Gasteiger partial charge in [0.15, 0.2) is 0 Å². The summed E-state index contributed by atoms with van der Waals surface area (Å²) in [5.41, 5.74) is 14.2. The first-order chi connectivity index (χ1) is 11.2. The number of hydrogen-bond donors (Lipinski definition) is 3. The van der Waals surface area contributed by atoms with Crippen LogP contribution in [0, 0.1) is 0 Å². The van der Waals surface area contributed by atoms with Gasteiger partial charge in [-0.3, -0.25) is 4.98 Å². The van der Waals surface area contributed by atoms with Gasteiger partial charge in [-0.25, -0.2) is 4.79 Å². The van der Waals surface area contributed by atoms with Crippen molar-refractivity contribution in [1.29, 1.82) is 0 Å². The van der Waals surface area contributed by atoms with E-state index in [1.54, 1.807) is 6.20 Å². The standard InChI is InChI=1S/C17H20N4O2/c18-15-11-20-10-14(16(15)19)8-4-5-9-21-17(22)23-12-13-6-2-1-3-7-13/h1-4,6-8,10-11H,5,9,12,18H2,(H2,19,20)(H,21,22). The Morgan fingerprint density at radius 2 is 2.00 bits per heavy atom. The molecule has 0 radical (unpaired) electrons. The van der Waals surface area contributed by atoms with Crippen molar-refractivity contribution in [3.05, 3.63) is 59.9 Å². The monoisotopic (exact) mass is 312 g/mol. The number of ether oxygens (including phenoxy) is 1. The molecule has 0 atom stereocenters. The zero-order valence-corrected chi connectivity index (χ0v) is 12.7. The van der Waals surface area contributed by atoms with E-state index in [4.69, 9.17) is 16.2 Å². The number of rotatable bonds is 6. The highest BCUT2D eigenvalue weighted by atomic mass is 16.5. The van der Waals surface area contributed by atoms with Crippen molar-refractivity contribution in [2.45, 2.75) is 13.0 Å². The third-order valence-corrected chi connectivity index (χ3v) is 3.14. The Morgan fingerprint density at radius 3 is 2.78 bits per heavy atom. The summed E-state index contributed by atoms with van der Waals surface area (Å²) >= 11 is 0. The summed E-state index contributed by atoms with van der Waals surface area (Å²) in [5, 5.41) is 2.68. The van der Waals surface area contributed by atoms with E-state index in [1.165, 1.54) is 6.20 Å². The molecule has 5 N–H and O–H groups in total. The van der Waals surface area contributed by atoms with Crippen molar-refractivity contribution in [2.75, 3.05) is 18.0 Å². The number of nitrogens with two attached hydrogens (primary N) is 2. The first-order valence-electron chi connectivity index (χ1n) is 7.27. The number of carbonyl (C=O) groups is 1. The zero-order chi connectivity index (χ0) is 16.5. The number of nitrogens with one attached hydrogen (secondary N) is 1. The van der Waals surface area contributed by atoms with Gasteiger partial charge < -0.3 is 21.5 Å². The summed E-state index contributed by atoms with van der Waals surface area (Å²) in [4.78, 5) is 15.5. The SMILES string of the molecule is Nc1cncc(C=CCCNC(=O)OCc2ccccc2)c1N. The molecule has 23 heavy (non-hydrogen) atoms. The molecule has 2 rings (SSSR count). The smallest absolute Gasteiger partial charge is 0.407 e. The summed E-state index contributed by atoms with van der Waals surface area (Å²) in [6.07, 6.45) is 7.09. The molecule has 6 heteroatoms. The first-order valence-corrected chi connectivity index (χ1v) is 7.27. The fourth-order valence-corrected chi connectivity index (χ4v) is 1.88. The van der Waals surface area contributed by atoms with Crippen LogP contribution in [0.4, 0.5) is 16.2 Å². The number of nitrogen functional groups attached to an aromatic ring is 2. The lowest BCUT2D eigenvalue weighted by molar-refractivity contribution is 0.140. The number of amides is 1. The van der Waals surface area contributed by atoms with Gasteiger partial charge in [0, 0.05) is 18.3 Å². The Balaban J connectivity index is 1.67. The molecule has 0 unspecified atom stereocenters. The number of nitrogens with zero attached hydrogens (tertiary/aromatic N) is 1. The lowest BCUT2D eigenvalue weighted by Gasteiger charge is -2.06. The normalized spacial score (nSPS) is 10.6. The van der Waals surface area contributed by atoms with E-state index < -0.39 is 6.09 Å². The minimum absolute atomic E-state index is 0.258. The van der Waals surface area contributed by atoms with E-state index in [0.29, 0.717) is 24.3 Å². The highest BCUT2D eigenvalue weighted by molar-refractivity contribution is 5.74. The molecule has 0 spiro atoms. The van der Waals surface area contributed by atoms with E-state index >= 15 is 0 Å². The van der Waals surface area contributed by atoms with Crippen molar-refractivity contribution >= 4 is 23.5 Å². The first kappa shape index (κ1) is 16.4. The molecule has 120 valence electrons. The number of pyridine rings is 1. The van der Waals surface area contributed by atoms with Crippen molar-refractivity contribution in [3.8, 4) is 0 Å². The lowest BCUT2D eigenvalue weighted by Crippen LogP contribution is -2.24. The second-order valence-corrected chi connectivity index (χ2v) is 4.91. The molecule has 1 amide bonds. The molecule has 0 aliphatic heterocycles. The number of carbonyl (C=O) groups excluding carboxylic acids is 1. The van der Waals surface area contributed by atoms with Crippen molar-refractivity contribution in [2.24, 2.45) is 0 Å². The van der Waals surface area contributed by atoms with Gasteiger partial charge in [0.05, 0.1) is 17.6 Å². The van der Waals surface area contributed by atoms with Gasteiger partial charge in [0.25, 0.3) is 0 Å². The Bertz CT molecular complexity index is 672. The second-order valence-electron chi connectivity index (χ2n) is 4.91. The van der Waals surface area contributed by atoms with Crippen LogP contribution in [-0.2, 0) is 11.3 Å². The average molecular weight is 312 g/mol. The maximum Gasteiger partial charge on any atom is 0.407 e. The maximum absolute atomic E-state index is 11.5. The molecule has 6 nitrogen and oxygen atoms in total. The molecule has 0 saturated heterocycles. The van der Waals surface area contributed by atoms with Crippen LogP contribution in [0.15, 0.2) is 48.8 Å². The fraction of sp³-hybridized carbons (Fsp3) is 0.176. The molecule has 1 aromatic heterocycles. The molecule has 0 aliphatic carbocycles. The zero-order valence-electron chi connectivity index (χ0n) is 12.7. The van der Waals surface area contributed by atoms with Crippen LogP contribution in [0.5, 0.6) is 0 Å². The van der Waals surface area contributed by atoms with Gasteiger partial charge in [0.2, 0.25) is 0 Å². The van der Waals surface area contributed by atoms with Gasteiger partial charge in [0.1, 0.15) is 6.61 Å². The van der Waals surface area contributed by atoms with Gasteiger partial charge >= 0.3 is 6.09 Å². The quantitative estimate of drug-likeness (QED) is 0.711. The summed E-state index contributed by atoms with van der Waals surface area (Å²) in [5.74, 6) is 0. The summed E-state index contributed by atoms with van der Waals surface area (Å²) < 4.78 is 5.11. The lowest BCUT2D eigenvalue weighted by atomic mass is 10.2. The molecule has 1 aromatic carbocycles. The molecular weight excluding hydrogens is 292 g/mol. The Labute approximate surface area is 135 Å². The molecule has 2 aromatic rings. The highest BCUT2D eigenvalue weighted by Crippen LogP contribution is 2.18. The molecule has 0 aliphatic rings. The molecular formula is C17H20N4O2. The molecule has 0 fully saturated rings. The Kier molecular flexibility index (Phi) is 5.99.